The van der Waals surface area contributed by atoms with Crippen molar-refractivity contribution in [2.75, 3.05) is 66.1 Å². The molecule has 0 aromatic heterocycles. The minimum absolute atomic E-state index is 0. The van der Waals surface area contributed by atoms with E-state index < -0.39 is 0 Å². The minimum Gasteiger partial charge on any atom is -0.679 e. The third kappa shape index (κ3) is 32.1. The maximum absolute atomic E-state index is 5.27. The molecule has 0 atom stereocenters. The van der Waals surface area contributed by atoms with E-state index in [1.807, 2.05) is 41.5 Å². The molecule has 2 radical (unpaired) electrons. The Kier molecular flexibility index (Phi) is 41.3. The molecule has 24 aliphatic carbocycles. The van der Waals surface area contributed by atoms with Gasteiger partial charge in [-0.3, -0.25) is 0 Å². The van der Waals surface area contributed by atoms with Gasteiger partial charge < -0.3 is 55.6 Å². The second kappa shape index (κ2) is 51.7. The summed E-state index contributed by atoms with van der Waals surface area (Å²) < 4.78 is 24.4. The number of ether oxygens (including phenoxy) is 5. The van der Waals surface area contributed by atoms with Crippen LogP contribution in [0, 0.1) is 252 Å². The van der Waals surface area contributed by atoms with Gasteiger partial charge in [0.25, 0.3) is 0 Å². The van der Waals surface area contributed by atoms with Crippen LogP contribution < -0.4 is 0 Å². The van der Waals surface area contributed by atoms with Crippen LogP contribution in [0.3, 0.4) is 0 Å². The summed E-state index contributed by atoms with van der Waals surface area (Å²) in [5, 5.41) is 31.6. The van der Waals surface area contributed by atoms with Crippen molar-refractivity contribution < 1.29 is 85.9 Å². The van der Waals surface area contributed by atoms with Gasteiger partial charge in [-0.15, -0.1) is 67.4 Å². The van der Waals surface area contributed by atoms with Crippen molar-refractivity contribution in [1.82, 2.24) is 0 Å². The smallest absolute Gasteiger partial charge is 0.679 e. The molecule has 0 amide bonds. The largest absolute Gasteiger partial charge is 3.00 e. The van der Waals surface area contributed by atoms with Crippen LogP contribution >= 0.6 is 0 Å². The molecule has 6 aromatic carbocycles. The van der Waals surface area contributed by atoms with Crippen molar-refractivity contribution in [1.29, 1.82) is 0 Å². The van der Waals surface area contributed by atoms with Gasteiger partial charge in [0.1, 0.15) is 0 Å². The minimum atomic E-state index is 0. The number of rotatable bonds is 18. The van der Waals surface area contributed by atoms with E-state index in [2.05, 4.69) is 192 Å². The molecular formula is C128H190N6O5U2. The Balaban J connectivity index is 0.000000128. The maximum atomic E-state index is 5.27. The molecule has 24 bridgehead atoms. The molecule has 11 nitrogen and oxygen atoms in total. The molecule has 0 spiro atoms. The molecule has 2 aliphatic heterocycles. The average Bonchev–Trinajstić information content (AvgIpc) is 1.54. The van der Waals surface area contributed by atoms with E-state index in [1.165, 1.54) is 358 Å². The predicted molar refractivity (Wildman–Crippen MR) is 586 cm³/mol. The van der Waals surface area contributed by atoms with Crippen molar-refractivity contribution in [3.05, 3.63) is 208 Å². The summed E-state index contributed by atoms with van der Waals surface area (Å²) >= 11 is 0. The zero-order chi connectivity index (χ0) is 97.6. The molecule has 2 saturated heterocycles. The number of aryl methyl sites for hydroxylation is 12. The molecular weight excluding hydrogens is 2180 g/mol. The van der Waals surface area contributed by atoms with Crippen molar-refractivity contribution in [3.8, 4) is 0 Å². The average molecular weight is 2370 g/mol. The summed E-state index contributed by atoms with van der Waals surface area (Å²) in [7, 11) is 0. The predicted octanol–water partition coefficient (Wildman–Crippen LogP) is 36.4. The first kappa shape index (κ1) is 113. The van der Waals surface area contributed by atoms with Gasteiger partial charge >= 0.3 is 62.2 Å². The van der Waals surface area contributed by atoms with Gasteiger partial charge in [0.05, 0.1) is 0 Å². The molecule has 0 N–H and O–H groups in total. The fraction of sp³-hybridized carbons (Fsp3) is 0.719. The van der Waals surface area contributed by atoms with Gasteiger partial charge in [0, 0.05) is 66.1 Å². The van der Waals surface area contributed by atoms with Gasteiger partial charge in [-0.25, -0.2) is 0 Å². The summed E-state index contributed by atoms with van der Waals surface area (Å²) in [4.78, 5) is 0. The van der Waals surface area contributed by atoms with Gasteiger partial charge in [0.15, 0.2) is 0 Å². The van der Waals surface area contributed by atoms with Crippen molar-refractivity contribution >= 4 is 34.1 Å². The number of hydrogen-bond donors (Lipinski definition) is 0. The molecule has 6 aromatic rings. The fourth-order valence-corrected chi connectivity index (χ4v) is 34.6. The van der Waals surface area contributed by atoms with E-state index >= 15 is 0 Å². The number of hydrogen-bond acceptors (Lipinski definition) is 5. The van der Waals surface area contributed by atoms with Crippen molar-refractivity contribution in [3.63, 3.8) is 0 Å². The van der Waals surface area contributed by atoms with Gasteiger partial charge in [-0.1, -0.05) is 292 Å². The SMILES string of the molecule is C1CCOC1.C1CCOC1.CCOCC.CCOCC.CCOCC.Cc1cc(C)cc([N-]C23CC4CC(CC(C4)C2)C3)c1.Cc1cc(C)cc([N-]C23CC4CC(CC(C4)C2)C3)c1.Cc1cc(C)cc([N-]C23CC4CC(CC(C4)C2)C3)c1.Cc1cc(C)cc([N-]C23CC4CC(CC(C4)C2)C3)c1.Cc1cc(C)cc([N-]C23CC4CC(CC(C4)C2)C3)c1.Cc1cc(C)cc([N-]C23CC4CC(CC(C4)C2)C3)c1.[U+3].[U+3]. The van der Waals surface area contributed by atoms with Crippen molar-refractivity contribution in [2.24, 2.45) is 107 Å². The molecule has 0 unspecified atom stereocenters. The monoisotopic (exact) mass is 2370 g/mol. The summed E-state index contributed by atoms with van der Waals surface area (Å²) in [5.41, 5.74) is 25.5. The van der Waals surface area contributed by atoms with Gasteiger partial charge in [-0.2, -0.15) is 0 Å². The van der Waals surface area contributed by atoms with Crippen LogP contribution in [0.1, 0.15) is 365 Å². The Morgan fingerprint density at radius 1 is 0.184 bits per heavy atom. The van der Waals surface area contributed by atoms with Crippen LogP contribution in [0.2, 0.25) is 0 Å². The van der Waals surface area contributed by atoms with Crippen molar-refractivity contribution in [2.45, 2.75) is 415 Å². The Hall–Kier alpha value is -3.98. The quantitative estimate of drug-likeness (QED) is 0.0846. The topological polar surface area (TPSA) is 131 Å². The van der Waals surface area contributed by atoms with Crippen LogP contribution in [0.25, 0.3) is 31.9 Å². The van der Waals surface area contributed by atoms with Crippen LogP contribution in [-0.4, -0.2) is 99.3 Å². The second-order valence-corrected chi connectivity index (χ2v) is 50.6. The molecule has 24 saturated carbocycles. The Labute approximate surface area is 907 Å². The third-order valence-electron chi connectivity index (χ3n) is 36.4. The first-order chi connectivity index (χ1) is 66.8. The summed E-state index contributed by atoms with van der Waals surface area (Å²) in [5.74, 6) is 17.8. The first-order valence-corrected chi connectivity index (χ1v) is 57.6. The molecule has 2 heterocycles. The zero-order valence-corrected chi connectivity index (χ0v) is 100. The second-order valence-electron chi connectivity index (χ2n) is 50.6. The number of nitrogens with zero attached hydrogens (tertiary/aromatic N) is 6. The van der Waals surface area contributed by atoms with Gasteiger partial charge in [0.2, 0.25) is 0 Å². The first-order valence-electron chi connectivity index (χ1n) is 57.6. The Morgan fingerprint density at radius 3 is 0.355 bits per heavy atom. The molecule has 13 heteroatoms. The summed E-state index contributed by atoms with van der Waals surface area (Å²) in [6, 6.07) is 40.7. The standard InChI is InChI=1S/6C18H24N.2C4H8O.3C4H10O.2U/c6*1-12-3-13(2)5-17(4-12)19-18-9-14-6-15(10-18)8-16(7-14)11-18;2*1-2-4-5-3-1;3*1-3-5-4-2;;/h6*3-5,14-16H,6-11H2,1-2H3;2*1-4H2;3*3-4H2,1-2H3;;/q6*-1;;;;;;2*+3. The van der Waals surface area contributed by atoms with Crippen LogP contribution in [0.4, 0.5) is 34.1 Å². The van der Waals surface area contributed by atoms with Crippen LogP contribution in [-0.2, 0) is 23.7 Å². The molecule has 26 aliphatic rings. The fourth-order valence-electron chi connectivity index (χ4n) is 34.6. The van der Waals surface area contributed by atoms with E-state index in [9.17, 15) is 0 Å². The van der Waals surface area contributed by atoms with E-state index in [0.29, 0.717) is 33.2 Å². The Bertz CT molecular complexity index is 3770. The van der Waals surface area contributed by atoms with E-state index in [1.54, 1.807) is 0 Å². The molecule has 141 heavy (non-hydrogen) atoms. The number of benzene rings is 6. The molecule has 32 rings (SSSR count). The molecule has 770 valence electrons. The Morgan fingerprint density at radius 2 is 0.284 bits per heavy atom. The maximum Gasteiger partial charge on any atom is 3.00 e. The zero-order valence-electron chi connectivity index (χ0n) is 91.9. The van der Waals surface area contributed by atoms with Crippen LogP contribution in [0.15, 0.2) is 109 Å². The normalized spacial score (nSPS) is 34.6. The summed E-state index contributed by atoms with van der Waals surface area (Å²) in [6.07, 6.45) is 56.7. The van der Waals surface area contributed by atoms with Crippen LogP contribution in [0.5, 0.6) is 0 Å². The van der Waals surface area contributed by atoms with E-state index in [4.69, 9.17) is 55.6 Å². The van der Waals surface area contributed by atoms with Gasteiger partial charge in [-0.05, 0) is 372 Å². The van der Waals surface area contributed by atoms with E-state index in [-0.39, 0.29) is 62.2 Å². The summed E-state index contributed by atoms with van der Waals surface area (Å²) in [6.45, 7) is 47.2. The molecule has 26 fully saturated rings. The third-order valence-corrected chi connectivity index (χ3v) is 36.4. The van der Waals surface area contributed by atoms with E-state index in [0.717, 1.165) is 173 Å².